The van der Waals surface area contributed by atoms with Gasteiger partial charge in [0.15, 0.2) is 0 Å². The molecule has 0 saturated heterocycles. The van der Waals surface area contributed by atoms with Crippen LogP contribution in [0.2, 0.25) is 0 Å². The van der Waals surface area contributed by atoms with Crippen molar-refractivity contribution in [2.45, 2.75) is 40.7 Å². The van der Waals surface area contributed by atoms with E-state index in [0.717, 1.165) is 28.8 Å². The zero-order chi connectivity index (χ0) is 18.4. The fourth-order valence-electron chi connectivity index (χ4n) is 2.56. The van der Waals surface area contributed by atoms with Crippen molar-refractivity contribution in [3.8, 4) is 0 Å². The summed E-state index contributed by atoms with van der Waals surface area (Å²) >= 11 is 0. The lowest BCUT2D eigenvalue weighted by atomic mass is 9.90. The molecule has 2 amide bonds. The topological polar surface area (TPSA) is 58.2 Å². The molecule has 0 aromatic heterocycles. The van der Waals surface area contributed by atoms with Crippen LogP contribution >= 0.6 is 0 Å². The van der Waals surface area contributed by atoms with Crippen molar-refractivity contribution in [1.82, 2.24) is 5.32 Å². The molecule has 132 valence electrons. The third kappa shape index (κ3) is 4.69. The van der Waals surface area contributed by atoms with Crippen LogP contribution in [0.25, 0.3) is 0 Å². The number of nitrogens with one attached hydrogen (secondary N) is 2. The Labute approximate surface area is 149 Å². The summed E-state index contributed by atoms with van der Waals surface area (Å²) in [6.07, 6.45) is 0.816. The van der Waals surface area contributed by atoms with Gasteiger partial charge in [-0.05, 0) is 44.4 Å². The average Bonchev–Trinajstić information content (AvgIpc) is 2.60. The minimum atomic E-state index is -1.16. The molecule has 2 N–H and O–H groups in total. The normalized spacial score (nSPS) is 11.0. The SMILES string of the molecule is CCc1ccccc1NC(=O)C(C)(C)C(=O)NCc1cccc(C)c1. The van der Waals surface area contributed by atoms with Crippen LogP contribution in [-0.2, 0) is 22.6 Å². The van der Waals surface area contributed by atoms with Crippen molar-refractivity contribution in [2.24, 2.45) is 5.41 Å². The van der Waals surface area contributed by atoms with Gasteiger partial charge >= 0.3 is 0 Å². The summed E-state index contributed by atoms with van der Waals surface area (Å²) in [5.41, 5.74) is 2.80. The molecule has 0 atom stereocenters. The first-order valence-electron chi connectivity index (χ1n) is 8.57. The summed E-state index contributed by atoms with van der Waals surface area (Å²) in [5.74, 6) is -0.601. The second-order valence-electron chi connectivity index (χ2n) is 6.76. The van der Waals surface area contributed by atoms with E-state index in [9.17, 15) is 9.59 Å². The second-order valence-corrected chi connectivity index (χ2v) is 6.76. The fourth-order valence-corrected chi connectivity index (χ4v) is 2.56. The molecule has 25 heavy (non-hydrogen) atoms. The zero-order valence-corrected chi connectivity index (χ0v) is 15.3. The van der Waals surface area contributed by atoms with E-state index in [-0.39, 0.29) is 11.8 Å². The summed E-state index contributed by atoms with van der Waals surface area (Å²) < 4.78 is 0. The van der Waals surface area contributed by atoms with E-state index in [1.54, 1.807) is 13.8 Å². The first-order chi connectivity index (χ1) is 11.8. The molecule has 4 nitrogen and oxygen atoms in total. The van der Waals surface area contributed by atoms with Gasteiger partial charge in [-0.2, -0.15) is 0 Å². The molecule has 0 aliphatic heterocycles. The monoisotopic (exact) mass is 338 g/mol. The van der Waals surface area contributed by atoms with Gasteiger partial charge in [0.2, 0.25) is 11.8 Å². The Kier molecular flexibility index (Phi) is 5.97. The number of hydrogen-bond acceptors (Lipinski definition) is 2. The van der Waals surface area contributed by atoms with E-state index in [2.05, 4.69) is 10.6 Å². The lowest BCUT2D eigenvalue weighted by Crippen LogP contribution is -2.45. The maximum atomic E-state index is 12.6. The van der Waals surface area contributed by atoms with Crippen molar-refractivity contribution < 1.29 is 9.59 Å². The number of hydrogen-bond donors (Lipinski definition) is 2. The van der Waals surface area contributed by atoms with Crippen LogP contribution in [0.3, 0.4) is 0 Å². The predicted molar refractivity (Wildman–Crippen MR) is 101 cm³/mol. The molecule has 0 heterocycles. The van der Waals surface area contributed by atoms with Gasteiger partial charge in [0.25, 0.3) is 0 Å². The summed E-state index contributed by atoms with van der Waals surface area (Å²) in [6, 6.07) is 15.6. The standard InChI is InChI=1S/C21H26N2O2/c1-5-17-11-6-7-12-18(17)23-20(25)21(3,4)19(24)22-14-16-10-8-9-15(2)13-16/h6-13H,5,14H2,1-4H3,(H,22,24)(H,23,25). The minimum Gasteiger partial charge on any atom is -0.351 e. The molecule has 0 aliphatic rings. The first kappa shape index (κ1) is 18.7. The molecule has 0 spiro atoms. The second kappa shape index (κ2) is 7.97. The summed E-state index contributed by atoms with van der Waals surface area (Å²) in [7, 11) is 0. The highest BCUT2D eigenvalue weighted by Gasteiger charge is 2.36. The summed E-state index contributed by atoms with van der Waals surface area (Å²) in [6.45, 7) is 7.73. The van der Waals surface area contributed by atoms with Crippen molar-refractivity contribution >= 4 is 17.5 Å². The molecule has 0 bridgehead atoms. The molecule has 0 fully saturated rings. The molecular formula is C21H26N2O2. The number of carbonyl (C=O) groups excluding carboxylic acids is 2. The molecule has 2 rings (SSSR count). The maximum Gasteiger partial charge on any atom is 0.239 e. The highest BCUT2D eigenvalue weighted by atomic mass is 16.2. The number of para-hydroxylation sites is 1. The number of rotatable bonds is 6. The third-order valence-electron chi connectivity index (χ3n) is 4.32. The highest BCUT2D eigenvalue weighted by Crippen LogP contribution is 2.22. The van der Waals surface area contributed by atoms with Crippen molar-refractivity contribution in [1.29, 1.82) is 0 Å². The molecule has 0 unspecified atom stereocenters. The Morgan fingerprint density at radius 1 is 1.00 bits per heavy atom. The zero-order valence-electron chi connectivity index (χ0n) is 15.3. The van der Waals surface area contributed by atoms with E-state index in [1.165, 1.54) is 0 Å². The lowest BCUT2D eigenvalue weighted by molar-refractivity contribution is -0.138. The Bertz CT molecular complexity index is 766. The number of aryl methyl sites for hydroxylation is 2. The van der Waals surface area contributed by atoms with Crippen LogP contribution in [0.15, 0.2) is 48.5 Å². The van der Waals surface area contributed by atoms with Crippen LogP contribution in [-0.4, -0.2) is 11.8 Å². The number of amides is 2. The highest BCUT2D eigenvalue weighted by molar-refractivity contribution is 6.10. The van der Waals surface area contributed by atoms with E-state index in [1.807, 2.05) is 62.4 Å². The fraction of sp³-hybridized carbons (Fsp3) is 0.333. The van der Waals surface area contributed by atoms with Gasteiger partial charge < -0.3 is 10.6 Å². The largest absolute Gasteiger partial charge is 0.351 e. The maximum absolute atomic E-state index is 12.6. The van der Waals surface area contributed by atoms with E-state index < -0.39 is 5.41 Å². The molecule has 0 saturated carbocycles. The molecule has 2 aromatic rings. The molecule has 2 aromatic carbocycles. The van der Waals surface area contributed by atoms with E-state index in [0.29, 0.717) is 6.54 Å². The van der Waals surface area contributed by atoms with Gasteiger partial charge in [0.1, 0.15) is 5.41 Å². The molecular weight excluding hydrogens is 312 g/mol. The van der Waals surface area contributed by atoms with Gasteiger partial charge in [0.05, 0.1) is 0 Å². The Morgan fingerprint density at radius 2 is 1.72 bits per heavy atom. The minimum absolute atomic E-state index is 0.291. The smallest absolute Gasteiger partial charge is 0.239 e. The van der Waals surface area contributed by atoms with Crippen LogP contribution < -0.4 is 10.6 Å². The van der Waals surface area contributed by atoms with Gasteiger partial charge in [-0.3, -0.25) is 9.59 Å². The first-order valence-corrected chi connectivity index (χ1v) is 8.57. The van der Waals surface area contributed by atoms with Crippen molar-refractivity contribution in [3.63, 3.8) is 0 Å². The van der Waals surface area contributed by atoms with Crippen LogP contribution in [0.4, 0.5) is 5.69 Å². The van der Waals surface area contributed by atoms with Gasteiger partial charge in [0, 0.05) is 12.2 Å². The predicted octanol–water partition coefficient (Wildman–Crippen LogP) is 3.84. The number of carbonyl (C=O) groups is 2. The lowest BCUT2D eigenvalue weighted by Gasteiger charge is -2.23. The third-order valence-corrected chi connectivity index (χ3v) is 4.32. The van der Waals surface area contributed by atoms with Crippen LogP contribution in [0, 0.1) is 12.3 Å². The van der Waals surface area contributed by atoms with Crippen LogP contribution in [0.1, 0.15) is 37.5 Å². The summed E-state index contributed by atoms with van der Waals surface area (Å²) in [5, 5.41) is 5.75. The van der Waals surface area contributed by atoms with E-state index >= 15 is 0 Å². The van der Waals surface area contributed by atoms with Gasteiger partial charge in [-0.25, -0.2) is 0 Å². The average molecular weight is 338 g/mol. The Balaban J connectivity index is 2.03. The summed E-state index contributed by atoms with van der Waals surface area (Å²) in [4.78, 5) is 25.2. The number of benzene rings is 2. The molecule has 4 heteroatoms. The molecule has 0 aliphatic carbocycles. The van der Waals surface area contributed by atoms with Gasteiger partial charge in [-0.15, -0.1) is 0 Å². The van der Waals surface area contributed by atoms with Crippen molar-refractivity contribution in [3.05, 3.63) is 65.2 Å². The van der Waals surface area contributed by atoms with Crippen molar-refractivity contribution in [2.75, 3.05) is 5.32 Å². The van der Waals surface area contributed by atoms with E-state index in [4.69, 9.17) is 0 Å². The quantitative estimate of drug-likeness (QED) is 0.786. The van der Waals surface area contributed by atoms with Crippen LogP contribution in [0.5, 0.6) is 0 Å². The molecule has 0 radical (unpaired) electrons. The Hall–Kier alpha value is -2.62. The van der Waals surface area contributed by atoms with Gasteiger partial charge in [-0.1, -0.05) is 55.0 Å². The Morgan fingerprint density at radius 3 is 2.40 bits per heavy atom. The number of anilines is 1.